The number of aliphatic hydroxyl groups is 1. The molecule has 18 heavy (non-hydrogen) atoms. The monoisotopic (exact) mass is 251 g/mol. The molecule has 0 saturated heterocycles. The normalized spacial score (nSPS) is 25.6. The molecule has 5 nitrogen and oxygen atoms in total. The number of nitrogens with one attached hydrogen (secondary N) is 1. The Hall–Kier alpha value is -1.36. The highest BCUT2D eigenvalue weighted by Gasteiger charge is 2.47. The number of aliphatic hydroxyl groups excluding tert-OH is 1. The molecule has 2 unspecified atom stereocenters. The molecule has 0 radical (unpaired) electrons. The topological polar surface area (TPSA) is 67.2 Å². The Kier molecular flexibility index (Phi) is 3.43. The second-order valence-corrected chi connectivity index (χ2v) is 5.54. The van der Waals surface area contributed by atoms with Gasteiger partial charge in [-0.15, -0.1) is 0 Å². The molecule has 1 aromatic heterocycles. The van der Waals surface area contributed by atoms with Gasteiger partial charge in [0.05, 0.1) is 6.10 Å². The summed E-state index contributed by atoms with van der Waals surface area (Å²) in [5.41, 5.74) is -0.295. The fourth-order valence-electron chi connectivity index (χ4n) is 2.28. The molecule has 0 amide bonds. The summed E-state index contributed by atoms with van der Waals surface area (Å²) in [6, 6.07) is 0.102. The molecule has 2 atom stereocenters. The van der Waals surface area contributed by atoms with E-state index in [0.29, 0.717) is 18.8 Å². The Balaban J connectivity index is 2.16. The van der Waals surface area contributed by atoms with Crippen molar-refractivity contribution in [2.24, 2.45) is 5.41 Å². The van der Waals surface area contributed by atoms with Crippen molar-refractivity contribution < 1.29 is 5.11 Å². The molecule has 1 fully saturated rings. The van der Waals surface area contributed by atoms with Crippen LogP contribution in [0.4, 0.5) is 5.82 Å². The van der Waals surface area contributed by atoms with Gasteiger partial charge in [-0.2, -0.15) is 0 Å². The Morgan fingerprint density at radius 2 is 2.33 bits per heavy atom. The number of aryl methyl sites for hydroxylation is 1. The molecular weight excluding hydrogens is 230 g/mol. The first-order chi connectivity index (χ1) is 8.46. The molecule has 5 heteroatoms. The molecule has 2 rings (SSSR count). The fraction of sp³-hybridized carbons (Fsp3) is 0.692. The first-order valence-corrected chi connectivity index (χ1v) is 6.47. The molecule has 0 spiro atoms. The van der Waals surface area contributed by atoms with Gasteiger partial charge in [0.2, 0.25) is 0 Å². The summed E-state index contributed by atoms with van der Waals surface area (Å²) >= 11 is 0. The lowest BCUT2D eigenvalue weighted by Crippen LogP contribution is -2.57. The quantitative estimate of drug-likeness (QED) is 0.844. The maximum atomic E-state index is 12.1. The van der Waals surface area contributed by atoms with Crippen LogP contribution in [-0.2, 0) is 6.54 Å². The third-order valence-corrected chi connectivity index (χ3v) is 3.91. The van der Waals surface area contributed by atoms with Gasteiger partial charge in [0.1, 0.15) is 0 Å². The summed E-state index contributed by atoms with van der Waals surface area (Å²) in [5.74, 6) is 0.385. The summed E-state index contributed by atoms with van der Waals surface area (Å²) < 4.78 is 1.66. The van der Waals surface area contributed by atoms with Crippen molar-refractivity contribution in [2.45, 2.75) is 52.3 Å². The van der Waals surface area contributed by atoms with Crippen LogP contribution in [0.25, 0.3) is 0 Å². The van der Waals surface area contributed by atoms with Crippen LogP contribution >= 0.6 is 0 Å². The van der Waals surface area contributed by atoms with Gasteiger partial charge in [0, 0.05) is 30.4 Å². The number of hydrogen-bond donors (Lipinski definition) is 2. The predicted molar refractivity (Wildman–Crippen MR) is 70.6 cm³/mol. The van der Waals surface area contributed by atoms with Crippen LogP contribution in [0.15, 0.2) is 17.2 Å². The second kappa shape index (κ2) is 4.72. The Morgan fingerprint density at radius 1 is 1.61 bits per heavy atom. The summed E-state index contributed by atoms with van der Waals surface area (Å²) in [7, 11) is 0. The van der Waals surface area contributed by atoms with Gasteiger partial charge >= 0.3 is 0 Å². The largest absolute Gasteiger partial charge is 0.392 e. The maximum Gasteiger partial charge on any atom is 0.293 e. The molecule has 1 heterocycles. The molecule has 1 saturated carbocycles. The number of anilines is 1. The number of aromatic nitrogens is 2. The standard InChI is InChI=1S/C13H21N3O2/c1-4-6-16-7-5-14-11(12(16)18)15-9-8-10(17)13(9,2)3/h5,7,9-10,17H,4,6,8H2,1-3H3,(H,14,15). The minimum absolute atomic E-state index is 0.0865. The van der Waals surface area contributed by atoms with Crippen LogP contribution in [0.2, 0.25) is 0 Å². The number of hydrogen-bond acceptors (Lipinski definition) is 4. The van der Waals surface area contributed by atoms with Crippen molar-refractivity contribution in [3.8, 4) is 0 Å². The third-order valence-electron chi connectivity index (χ3n) is 3.91. The molecule has 2 N–H and O–H groups in total. The minimum atomic E-state index is -0.309. The van der Waals surface area contributed by atoms with Crippen molar-refractivity contribution in [2.75, 3.05) is 5.32 Å². The van der Waals surface area contributed by atoms with Crippen molar-refractivity contribution >= 4 is 5.82 Å². The van der Waals surface area contributed by atoms with Crippen molar-refractivity contribution in [3.63, 3.8) is 0 Å². The van der Waals surface area contributed by atoms with Crippen LogP contribution in [0.5, 0.6) is 0 Å². The minimum Gasteiger partial charge on any atom is -0.392 e. The number of nitrogens with zero attached hydrogens (tertiary/aromatic N) is 2. The first kappa shape index (κ1) is 13.1. The smallest absolute Gasteiger partial charge is 0.293 e. The number of rotatable bonds is 4. The van der Waals surface area contributed by atoms with Gasteiger partial charge in [0.25, 0.3) is 5.56 Å². The summed E-state index contributed by atoms with van der Waals surface area (Å²) in [6.45, 7) is 6.72. The highest BCUT2D eigenvalue weighted by molar-refractivity contribution is 5.35. The van der Waals surface area contributed by atoms with Gasteiger partial charge in [-0.1, -0.05) is 20.8 Å². The van der Waals surface area contributed by atoms with Crippen LogP contribution in [-0.4, -0.2) is 26.8 Å². The Morgan fingerprint density at radius 3 is 2.89 bits per heavy atom. The van der Waals surface area contributed by atoms with Crippen LogP contribution in [0.1, 0.15) is 33.6 Å². The fourth-order valence-corrected chi connectivity index (χ4v) is 2.28. The molecule has 1 aromatic rings. The van der Waals surface area contributed by atoms with E-state index in [2.05, 4.69) is 10.3 Å². The molecule has 0 aliphatic heterocycles. The second-order valence-electron chi connectivity index (χ2n) is 5.54. The molecule has 1 aliphatic carbocycles. The van der Waals surface area contributed by atoms with Gasteiger partial charge in [-0.25, -0.2) is 4.98 Å². The average Bonchev–Trinajstić information content (AvgIpc) is 2.33. The van der Waals surface area contributed by atoms with Crippen molar-refractivity contribution in [1.29, 1.82) is 0 Å². The highest BCUT2D eigenvalue weighted by Crippen LogP contribution is 2.41. The Labute approximate surface area is 107 Å². The molecular formula is C13H21N3O2. The van der Waals surface area contributed by atoms with E-state index in [1.165, 1.54) is 0 Å². The summed E-state index contributed by atoms with van der Waals surface area (Å²) in [4.78, 5) is 16.2. The summed E-state index contributed by atoms with van der Waals surface area (Å²) in [5, 5.41) is 12.9. The van der Waals surface area contributed by atoms with E-state index in [1.54, 1.807) is 17.0 Å². The van der Waals surface area contributed by atoms with E-state index in [9.17, 15) is 9.90 Å². The lowest BCUT2D eigenvalue weighted by atomic mass is 9.64. The average molecular weight is 251 g/mol. The van der Waals surface area contributed by atoms with Crippen molar-refractivity contribution in [1.82, 2.24) is 9.55 Å². The zero-order chi connectivity index (χ0) is 13.3. The van der Waals surface area contributed by atoms with Gasteiger partial charge in [0.15, 0.2) is 5.82 Å². The predicted octanol–water partition coefficient (Wildman–Crippen LogP) is 1.22. The zero-order valence-corrected chi connectivity index (χ0v) is 11.2. The van der Waals surface area contributed by atoms with Gasteiger partial charge in [-0.05, 0) is 12.8 Å². The third kappa shape index (κ3) is 2.14. The van der Waals surface area contributed by atoms with E-state index in [1.807, 2.05) is 20.8 Å². The highest BCUT2D eigenvalue weighted by atomic mass is 16.3. The summed E-state index contributed by atoms with van der Waals surface area (Å²) in [6.07, 6.45) is 4.61. The zero-order valence-electron chi connectivity index (χ0n) is 11.2. The van der Waals surface area contributed by atoms with Crippen LogP contribution in [0.3, 0.4) is 0 Å². The van der Waals surface area contributed by atoms with E-state index in [0.717, 1.165) is 6.42 Å². The molecule has 1 aliphatic rings. The first-order valence-electron chi connectivity index (χ1n) is 6.47. The van der Waals surface area contributed by atoms with E-state index in [-0.39, 0.29) is 23.1 Å². The lowest BCUT2D eigenvalue weighted by Gasteiger charge is -2.49. The van der Waals surface area contributed by atoms with E-state index < -0.39 is 0 Å². The Bertz CT molecular complexity index is 481. The molecule has 0 bridgehead atoms. The van der Waals surface area contributed by atoms with E-state index >= 15 is 0 Å². The van der Waals surface area contributed by atoms with E-state index in [4.69, 9.17) is 0 Å². The lowest BCUT2D eigenvalue weighted by molar-refractivity contribution is -0.0512. The van der Waals surface area contributed by atoms with Gasteiger partial charge in [-0.3, -0.25) is 4.79 Å². The maximum absolute atomic E-state index is 12.1. The van der Waals surface area contributed by atoms with Crippen LogP contribution < -0.4 is 10.9 Å². The molecule has 0 aromatic carbocycles. The van der Waals surface area contributed by atoms with Crippen molar-refractivity contribution in [3.05, 3.63) is 22.7 Å². The molecule has 100 valence electrons. The van der Waals surface area contributed by atoms with Crippen LogP contribution in [0, 0.1) is 5.41 Å². The van der Waals surface area contributed by atoms with Gasteiger partial charge < -0.3 is 15.0 Å². The SMILES string of the molecule is CCCn1ccnc(NC2CC(O)C2(C)C)c1=O.